The lowest BCUT2D eigenvalue weighted by Gasteiger charge is -2.11. The van der Waals surface area contributed by atoms with Gasteiger partial charge in [0.25, 0.3) is 0 Å². The van der Waals surface area contributed by atoms with Gasteiger partial charge in [-0.2, -0.15) is 0 Å². The molecule has 0 aliphatic heterocycles. The summed E-state index contributed by atoms with van der Waals surface area (Å²) >= 11 is 0. The van der Waals surface area contributed by atoms with E-state index < -0.39 is 0 Å². The molecule has 0 bridgehead atoms. The van der Waals surface area contributed by atoms with Gasteiger partial charge < -0.3 is 4.74 Å². The Morgan fingerprint density at radius 3 is 2.50 bits per heavy atom. The van der Waals surface area contributed by atoms with Crippen molar-refractivity contribution in [2.45, 2.75) is 27.2 Å². The highest BCUT2D eigenvalue weighted by atomic mass is 16.5. The van der Waals surface area contributed by atoms with E-state index in [1.807, 2.05) is 6.92 Å². The van der Waals surface area contributed by atoms with E-state index in [4.69, 9.17) is 4.74 Å². The SMILES string of the molecule is C=CCOC(=O)C(C)CC(C)C. The van der Waals surface area contributed by atoms with Crippen molar-refractivity contribution in [3.8, 4) is 0 Å². The average Bonchev–Trinajstić information content (AvgIpc) is 1.98. The molecule has 0 fully saturated rings. The molecule has 0 aromatic heterocycles. The van der Waals surface area contributed by atoms with Gasteiger partial charge in [-0.3, -0.25) is 4.79 Å². The maximum atomic E-state index is 11.2. The van der Waals surface area contributed by atoms with Gasteiger partial charge in [-0.15, -0.1) is 0 Å². The van der Waals surface area contributed by atoms with Crippen molar-refractivity contribution in [3.05, 3.63) is 12.7 Å². The Balaban J connectivity index is 3.68. The summed E-state index contributed by atoms with van der Waals surface area (Å²) in [5, 5.41) is 0. The fourth-order valence-corrected chi connectivity index (χ4v) is 1.09. The predicted octanol–water partition coefficient (Wildman–Crippen LogP) is 2.40. The van der Waals surface area contributed by atoms with E-state index in [1.165, 1.54) is 0 Å². The molecule has 0 saturated heterocycles. The van der Waals surface area contributed by atoms with Gasteiger partial charge in [0, 0.05) is 0 Å². The first-order chi connectivity index (χ1) is 5.57. The van der Waals surface area contributed by atoms with Crippen molar-refractivity contribution >= 4 is 5.97 Å². The molecule has 0 aliphatic rings. The van der Waals surface area contributed by atoms with Gasteiger partial charge in [-0.25, -0.2) is 0 Å². The quantitative estimate of drug-likeness (QED) is 0.468. The Bertz CT molecular complexity index is 150. The molecular formula is C10H18O2. The minimum absolute atomic E-state index is 0.00458. The maximum Gasteiger partial charge on any atom is 0.308 e. The van der Waals surface area contributed by atoms with Crippen LogP contribution in [0.15, 0.2) is 12.7 Å². The third-order valence-electron chi connectivity index (χ3n) is 1.57. The highest BCUT2D eigenvalue weighted by Crippen LogP contribution is 2.12. The standard InChI is InChI=1S/C10H18O2/c1-5-6-12-10(11)9(4)7-8(2)3/h5,8-9H,1,6-7H2,2-4H3. The molecule has 1 atom stereocenters. The molecule has 0 saturated carbocycles. The highest BCUT2D eigenvalue weighted by molar-refractivity contribution is 5.72. The predicted molar refractivity (Wildman–Crippen MR) is 49.8 cm³/mol. The van der Waals surface area contributed by atoms with Crippen molar-refractivity contribution in [2.24, 2.45) is 11.8 Å². The van der Waals surface area contributed by atoms with E-state index in [0.29, 0.717) is 12.5 Å². The molecule has 0 aliphatic carbocycles. The van der Waals surface area contributed by atoms with E-state index >= 15 is 0 Å². The second kappa shape index (κ2) is 5.81. The molecule has 0 amide bonds. The minimum atomic E-state index is -0.122. The molecule has 12 heavy (non-hydrogen) atoms. The van der Waals surface area contributed by atoms with E-state index in [-0.39, 0.29) is 11.9 Å². The normalized spacial score (nSPS) is 12.7. The van der Waals surface area contributed by atoms with Crippen molar-refractivity contribution in [2.75, 3.05) is 6.61 Å². The second-order valence-corrected chi connectivity index (χ2v) is 3.45. The molecule has 2 nitrogen and oxygen atoms in total. The lowest BCUT2D eigenvalue weighted by Crippen LogP contribution is -2.16. The van der Waals surface area contributed by atoms with E-state index in [9.17, 15) is 4.79 Å². The summed E-state index contributed by atoms with van der Waals surface area (Å²) < 4.78 is 4.90. The monoisotopic (exact) mass is 170 g/mol. The first kappa shape index (κ1) is 11.2. The summed E-state index contributed by atoms with van der Waals surface area (Å²) in [5.74, 6) is 0.421. The van der Waals surface area contributed by atoms with Crippen molar-refractivity contribution in [1.82, 2.24) is 0 Å². The van der Waals surface area contributed by atoms with Crippen LogP contribution in [0.4, 0.5) is 0 Å². The zero-order valence-electron chi connectivity index (χ0n) is 8.17. The summed E-state index contributed by atoms with van der Waals surface area (Å²) in [6.45, 7) is 9.88. The van der Waals surface area contributed by atoms with Gasteiger partial charge in [0.05, 0.1) is 5.92 Å². The number of esters is 1. The smallest absolute Gasteiger partial charge is 0.308 e. The molecule has 0 aromatic rings. The molecule has 0 rings (SSSR count). The van der Waals surface area contributed by atoms with Crippen LogP contribution in [0.25, 0.3) is 0 Å². The van der Waals surface area contributed by atoms with E-state index in [1.54, 1.807) is 6.08 Å². The highest BCUT2D eigenvalue weighted by Gasteiger charge is 2.14. The molecule has 0 radical (unpaired) electrons. The van der Waals surface area contributed by atoms with Gasteiger partial charge in [0.15, 0.2) is 0 Å². The minimum Gasteiger partial charge on any atom is -0.461 e. The summed E-state index contributed by atoms with van der Waals surface area (Å²) in [7, 11) is 0. The fraction of sp³-hybridized carbons (Fsp3) is 0.700. The van der Waals surface area contributed by atoms with Crippen LogP contribution < -0.4 is 0 Å². The van der Waals surface area contributed by atoms with Gasteiger partial charge >= 0.3 is 5.97 Å². The Morgan fingerprint density at radius 2 is 2.08 bits per heavy atom. The first-order valence-electron chi connectivity index (χ1n) is 4.35. The van der Waals surface area contributed by atoms with Crippen molar-refractivity contribution in [3.63, 3.8) is 0 Å². The Morgan fingerprint density at radius 1 is 1.50 bits per heavy atom. The molecule has 0 heterocycles. The van der Waals surface area contributed by atoms with Crippen LogP contribution in [0.3, 0.4) is 0 Å². The molecule has 0 aromatic carbocycles. The fourth-order valence-electron chi connectivity index (χ4n) is 1.09. The van der Waals surface area contributed by atoms with Crippen molar-refractivity contribution < 1.29 is 9.53 Å². The molecule has 70 valence electrons. The van der Waals surface area contributed by atoms with Crippen molar-refractivity contribution in [1.29, 1.82) is 0 Å². The summed E-state index contributed by atoms with van der Waals surface area (Å²) in [5.41, 5.74) is 0. The molecule has 0 spiro atoms. The van der Waals surface area contributed by atoms with Crippen LogP contribution in [0.1, 0.15) is 27.2 Å². The lowest BCUT2D eigenvalue weighted by molar-refractivity contribution is -0.147. The number of ether oxygens (including phenoxy) is 1. The second-order valence-electron chi connectivity index (χ2n) is 3.45. The number of rotatable bonds is 5. The summed E-state index contributed by atoms with van der Waals surface area (Å²) in [4.78, 5) is 11.2. The van der Waals surface area contributed by atoms with Gasteiger partial charge in [0.2, 0.25) is 0 Å². The average molecular weight is 170 g/mol. The van der Waals surface area contributed by atoms with Crippen LogP contribution >= 0.6 is 0 Å². The number of carbonyl (C=O) groups excluding carboxylic acids is 1. The van der Waals surface area contributed by atoms with Crippen LogP contribution in [-0.4, -0.2) is 12.6 Å². The van der Waals surface area contributed by atoms with E-state index in [2.05, 4.69) is 20.4 Å². The zero-order chi connectivity index (χ0) is 9.56. The largest absolute Gasteiger partial charge is 0.461 e. The van der Waals surface area contributed by atoms with Gasteiger partial charge in [0.1, 0.15) is 6.61 Å². The Kier molecular flexibility index (Phi) is 5.43. The summed E-state index contributed by atoms with van der Waals surface area (Å²) in [6, 6.07) is 0. The third-order valence-corrected chi connectivity index (χ3v) is 1.57. The number of carbonyl (C=O) groups is 1. The van der Waals surface area contributed by atoms with Crippen LogP contribution in [0, 0.1) is 11.8 Å². The number of hydrogen-bond acceptors (Lipinski definition) is 2. The Labute approximate surface area is 74.6 Å². The molecule has 1 unspecified atom stereocenters. The molecule has 0 N–H and O–H groups in total. The van der Waals surface area contributed by atoms with Gasteiger partial charge in [-0.05, 0) is 12.3 Å². The third kappa shape index (κ3) is 4.94. The Hall–Kier alpha value is -0.790. The first-order valence-corrected chi connectivity index (χ1v) is 4.35. The van der Waals surface area contributed by atoms with Crippen LogP contribution in [-0.2, 0) is 9.53 Å². The summed E-state index contributed by atoms with van der Waals surface area (Å²) in [6.07, 6.45) is 2.47. The van der Waals surface area contributed by atoms with Crippen LogP contribution in [0.2, 0.25) is 0 Å². The van der Waals surface area contributed by atoms with E-state index in [0.717, 1.165) is 6.42 Å². The number of hydrogen-bond donors (Lipinski definition) is 0. The van der Waals surface area contributed by atoms with Gasteiger partial charge in [-0.1, -0.05) is 33.4 Å². The molecular weight excluding hydrogens is 152 g/mol. The zero-order valence-corrected chi connectivity index (χ0v) is 8.17. The molecule has 2 heteroatoms. The topological polar surface area (TPSA) is 26.3 Å². The van der Waals surface area contributed by atoms with Crippen LogP contribution in [0.5, 0.6) is 0 Å². The maximum absolute atomic E-state index is 11.2. The lowest BCUT2D eigenvalue weighted by atomic mass is 9.99.